The molecular formula is C18H19N3O4. The molecule has 130 valence electrons. The summed E-state index contributed by atoms with van der Waals surface area (Å²) in [6, 6.07) is 9.84. The summed E-state index contributed by atoms with van der Waals surface area (Å²) >= 11 is 0. The number of benzene rings is 1. The van der Waals surface area contributed by atoms with Gasteiger partial charge in [0.15, 0.2) is 0 Å². The highest BCUT2D eigenvalue weighted by molar-refractivity contribution is 6.20. The van der Waals surface area contributed by atoms with E-state index in [4.69, 9.17) is 4.42 Å². The van der Waals surface area contributed by atoms with Gasteiger partial charge in [-0.15, -0.1) is 0 Å². The van der Waals surface area contributed by atoms with Gasteiger partial charge in [0.2, 0.25) is 0 Å². The molecule has 0 radical (unpaired) electrons. The van der Waals surface area contributed by atoms with Crippen molar-refractivity contribution in [2.24, 2.45) is 0 Å². The van der Waals surface area contributed by atoms with E-state index < -0.39 is 11.8 Å². The number of imide groups is 1. The number of amides is 2. The molecule has 1 aliphatic rings. The summed E-state index contributed by atoms with van der Waals surface area (Å²) < 4.78 is 5.40. The summed E-state index contributed by atoms with van der Waals surface area (Å²) in [5.41, 5.74) is 0.595. The van der Waals surface area contributed by atoms with E-state index in [2.05, 4.69) is 10.6 Å². The van der Waals surface area contributed by atoms with E-state index in [9.17, 15) is 14.7 Å². The molecule has 1 atom stereocenters. The van der Waals surface area contributed by atoms with Gasteiger partial charge in [0.25, 0.3) is 11.8 Å². The lowest BCUT2D eigenvalue weighted by molar-refractivity contribution is -0.136. The van der Waals surface area contributed by atoms with Crippen molar-refractivity contribution in [2.75, 3.05) is 12.4 Å². The van der Waals surface area contributed by atoms with Crippen molar-refractivity contribution in [3.8, 4) is 5.75 Å². The summed E-state index contributed by atoms with van der Waals surface area (Å²) in [5.74, 6) is -0.244. The van der Waals surface area contributed by atoms with Crippen molar-refractivity contribution in [3.05, 3.63) is 59.8 Å². The number of hydrogen-bond donors (Lipinski definition) is 3. The van der Waals surface area contributed by atoms with E-state index in [1.807, 2.05) is 13.0 Å². The van der Waals surface area contributed by atoms with Gasteiger partial charge in [-0.3, -0.25) is 14.5 Å². The zero-order valence-electron chi connectivity index (χ0n) is 13.9. The number of likely N-dealkylation sites (N-methyl/N-ethyl adjacent to an activating group) is 1. The lowest BCUT2D eigenvalue weighted by Gasteiger charge is -2.17. The van der Waals surface area contributed by atoms with Crippen molar-refractivity contribution in [1.82, 2.24) is 10.2 Å². The maximum Gasteiger partial charge on any atom is 0.279 e. The van der Waals surface area contributed by atoms with Crippen LogP contribution < -0.4 is 10.6 Å². The molecule has 3 N–H and O–H groups in total. The third-order valence-corrected chi connectivity index (χ3v) is 4.06. The van der Waals surface area contributed by atoms with Crippen LogP contribution in [-0.2, 0) is 9.59 Å². The number of rotatable bonds is 6. The molecule has 2 heterocycles. The average molecular weight is 341 g/mol. The van der Waals surface area contributed by atoms with Crippen molar-refractivity contribution in [3.63, 3.8) is 0 Å². The molecule has 1 aromatic carbocycles. The molecule has 2 aromatic rings. The molecule has 0 fully saturated rings. The molecule has 0 bridgehead atoms. The van der Waals surface area contributed by atoms with E-state index >= 15 is 0 Å². The Morgan fingerprint density at radius 2 is 1.84 bits per heavy atom. The SMILES string of the molecule is CC[C@@H](NC1=C(Nc2ccccc2O)C(=O)N(C)C1=O)c1ccco1. The molecule has 0 saturated carbocycles. The lowest BCUT2D eigenvalue weighted by Crippen LogP contribution is -2.31. The highest BCUT2D eigenvalue weighted by atomic mass is 16.3. The number of anilines is 1. The second-order valence-electron chi connectivity index (χ2n) is 5.68. The maximum absolute atomic E-state index is 12.5. The summed E-state index contributed by atoms with van der Waals surface area (Å²) in [4.78, 5) is 25.9. The normalized spacial score (nSPS) is 15.7. The predicted molar refractivity (Wildman–Crippen MR) is 91.4 cm³/mol. The third kappa shape index (κ3) is 3.08. The van der Waals surface area contributed by atoms with Gasteiger partial charge in [-0.25, -0.2) is 0 Å². The van der Waals surface area contributed by atoms with Crippen LogP contribution in [0.5, 0.6) is 5.75 Å². The molecular weight excluding hydrogens is 322 g/mol. The molecule has 7 heteroatoms. The van der Waals surface area contributed by atoms with E-state index in [0.29, 0.717) is 17.9 Å². The van der Waals surface area contributed by atoms with Crippen LogP contribution in [0.2, 0.25) is 0 Å². The van der Waals surface area contributed by atoms with Crippen molar-refractivity contribution in [2.45, 2.75) is 19.4 Å². The van der Waals surface area contributed by atoms with Crippen molar-refractivity contribution < 1.29 is 19.1 Å². The number of furan rings is 1. The van der Waals surface area contributed by atoms with Crippen LogP contribution in [0.4, 0.5) is 5.69 Å². The quantitative estimate of drug-likeness (QED) is 0.551. The summed E-state index contributed by atoms with van der Waals surface area (Å²) in [6.07, 6.45) is 2.22. The Balaban J connectivity index is 1.96. The van der Waals surface area contributed by atoms with Gasteiger partial charge in [0, 0.05) is 7.05 Å². The van der Waals surface area contributed by atoms with Gasteiger partial charge in [0.1, 0.15) is 22.9 Å². The van der Waals surface area contributed by atoms with Gasteiger partial charge in [-0.1, -0.05) is 19.1 Å². The Morgan fingerprint density at radius 3 is 2.48 bits per heavy atom. The molecule has 0 saturated heterocycles. The van der Waals surface area contributed by atoms with Crippen LogP contribution in [0.3, 0.4) is 0 Å². The zero-order chi connectivity index (χ0) is 18.0. The lowest BCUT2D eigenvalue weighted by atomic mass is 10.1. The maximum atomic E-state index is 12.5. The smallest absolute Gasteiger partial charge is 0.279 e. The fourth-order valence-electron chi connectivity index (χ4n) is 2.64. The molecule has 0 aliphatic carbocycles. The molecule has 1 aliphatic heterocycles. The fourth-order valence-corrected chi connectivity index (χ4v) is 2.64. The number of phenolic OH excluding ortho intramolecular Hbond substituents is 1. The molecule has 25 heavy (non-hydrogen) atoms. The Labute approximate surface area is 144 Å². The zero-order valence-corrected chi connectivity index (χ0v) is 13.9. The first-order valence-corrected chi connectivity index (χ1v) is 7.94. The number of nitrogens with zero attached hydrogens (tertiary/aromatic N) is 1. The second kappa shape index (κ2) is 6.72. The fraction of sp³-hybridized carbons (Fsp3) is 0.222. The second-order valence-corrected chi connectivity index (χ2v) is 5.68. The van der Waals surface area contributed by atoms with Crippen LogP contribution >= 0.6 is 0 Å². The first kappa shape index (κ1) is 16.6. The number of carbonyl (C=O) groups excluding carboxylic acids is 2. The molecule has 3 rings (SSSR count). The van der Waals surface area contributed by atoms with Crippen LogP contribution in [0, 0.1) is 0 Å². The number of hydrogen-bond acceptors (Lipinski definition) is 6. The number of phenols is 1. The predicted octanol–water partition coefficient (Wildman–Crippen LogP) is 2.35. The summed E-state index contributed by atoms with van der Waals surface area (Å²) in [6.45, 7) is 1.95. The van der Waals surface area contributed by atoms with E-state index in [0.717, 1.165) is 4.90 Å². The Morgan fingerprint density at radius 1 is 1.12 bits per heavy atom. The van der Waals surface area contributed by atoms with E-state index in [1.54, 1.807) is 30.5 Å². The van der Waals surface area contributed by atoms with Crippen molar-refractivity contribution >= 4 is 17.5 Å². The van der Waals surface area contributed by atoms with E-state index in [1.165, 1.54) is 13.1 Å². The summed E-state index contributed by atoms with van der Waals surface area (Å²) in [5, 5.41) is 15.9. The minimum atomic E-state index is -0.468. The number of carbonyl (C=O) groups is 2. The van der Waals surface area contributed by atoms with Gasteiger partial charge in [0.05, 0.1) is 18.0 Å². The van der Waals surface area contributed by atoms with Gasteiger partial charge >= 0.3 is 0 Å². The minimum Gasteiger partial charge on any atom is -0.506 e. The Hall–Kier alpha value is -3.22. The van der Waals surface area contributed by atoms with E-state index in [-0.39, 0.29) is 23.2 Å². The first-order valence-electron chi connectivity index (χ1n) is 7.94. The summed E-state index contributed by atoms with van der Waals surface area (Å²) in [7, 11) is 1.42. The number of aromatic hydroxyl groups is 1. The molecule has 7 nitrogen and oxygen atoms in total. The average Bonchev–Trinajstić information content (AvgIpc) is 3.21. The van der Waals surface area contributed by atoms with Gasteiger partial charge in [-0.05, 0) is 30.7 Å². The van der Waals surface area contributed by atoms with Crippen LogP contribution in [0.15, 0.2) is 58.5 Å². The Kier molecular flexibility index (Phi) is 4.47. The highest BCUT2D eigenvalue weighted by Crippen LogP contribution is 2.28. The third-order valence-electron chi connectivity index (χ3n) is 4.06. The van der Waals surface area contributed by atoms with Crippen LogP contribution in [-0.4, -0.2) is 28.9 Å². The first-order chi connectivity index (χ1) is 12.0. The molecule has 2 amide bonds. The van der Waals surface area contributed by atoms with Gasteiger partial charge in [-0.2, -0.15) is 0 Å². The van der Waals surface area contributed by atoms with Crippen LogP contribution in [0.25, 0.3) is 0 Å². The molecule has 0 spiro atoms. The highest BCUT2D eigenvalue weighted by Gasteiger charge is 2.37. The van der Waals surface area contributed by atoms with Crippen molar-refractivity contribution in [1.29, 1.82) is 0 Å². The topological polar surface area (TPSA) is 94.8 Å². The standard InChI is InChI=1S/C18H19N3O4/c1-3-11(14-9-6-10-25-14)19-15-16(18(24)21(2)17(15)23)20-12-7-4-5-8-13(12)22/h4-11,19-20,22H,3H2,1-2H3/t11-/m1/s1. The minimum absolute atomic E-state index is 0.0118. The molecule has 1 aromatic heterocycles. The largest absolute Gasteiger partial charge is 0.506 e. The van der Waals surface area contributed by atoms with Crippen LogP contribution in [0.1, 0.15) is 25.1 Å². The number of nitrogens with one attached hydrogen (secondary N) is 2. The Bertz CT molecular complexity index is 827. The monoisotopic (exact) mass is 341 g/mol. The molecule has 0 unspecified atom stereocenters. The van der Waals surface area contributed by atoms with Gasteiger partial charge < -0.3 is 20.2 Å². The number of para-hydroxylation sites is 2.